The van der Waals surface area contributed by atoms with Crippen molar-refractivity contribution in [1.82, 2.24) is 5.32 Å². The Morgan fingerprint density at radius 2 is 1.70 bits per heavy atom. The van der Waals surface area contributed by atoms with Crippen LogP contribution in [0.3, 0.4) is 0 Å². The van der Waals surface area contributed by atoms with Gasteiger partial charge in [-0.15, -0.1) is 11.8 Å². The van der Waals surface area contributed by atoms with Crippen molar-refractivity contribution in [1.29, 1.82) is 0 Å². The Labute approximate surface area is 164 Å². The molecule has 0 spiro atoms. The van der Waals surface area contributed by atoms with Gasteiger partial charge in [-0.3, -0.25) is 4.79 Å². The summed E-state index contributed by atoms with van der Waals surface area (Å²) in [5, 5.41) is 2.73. The average Bonchev–Trinajstić information content (AvgIpc) is 2.66. The molecule has 0 saturated carbocycles. The van der Waals surface area contributed by atoms with Gasteiger partial charge < -0.3 is 14.8 Å². The molecule has 0 heterocycles. The molecule has 0 bridgehead atoms. The number of ether oxygens (including phenoxy) is 2. The third-order valence-corrected chi connectivity index (χ3v) is 4.93. The van der Waals surface area contributed by atoms with Crippen molar-refractivity contribution in [3.8, 4) is 5.75 Å². The fourth-order valence-electron chi connectivity index (χ4n) is 2.18. The van der Waals surface area contributed by atoms with Crippen molar-refractivity contribution in [3.63, 3.8) is 0 Å². The Morgan fingerprint density at radius 1 is 0.963 bits per heavy atom. The molecule has 0 radical (unpaired) electrons. The van der Waals surface area contributed by atoms with Crippen LogP contribution in [-0.2, 0) is 14.3 Å². The van der Waals surface area contributed by atoms with Crippen LogP contribution in [0.2, 0.25) is 0 Å². The number of amides is 1. The van der Waals surface area contributed by atoms with Crippen LogP contribution in [0.5, 0.6) is 5.75 Å². The van der Waals surface area contributed by atoms with Crippen molar-refractivity contribution < 1.29 is 19.1 Å². The lowest BCUT2D eigenvalue weighted by atomic mass is 10.1. The van der Waals surface area contributed by atoms with Gasteiger partial charge in [-0.2, -0.15) is 0 Å². The zero-order valence-corrected chi connectivity index (χ0v) is 16.7. The number of esters is 1. The molecule has 0 aliphatic rings. The fraction of sp³-hybridized carbons (Fsp3) is 0.333. The van der Waals surface area contributed by atoms with Gasteiger partial charge in [-0.05, 0) is 56.2 Å². The van der Waals surface area contributed by atoms with Gasteiger partial charge in [0.2, 0.25) is 0 Å². The van der Waals surface area contributed by atoms with Crippen LogP contribution in [0.1, 0.15) is 16.7 Å². The molecule has 2 rings (SSSR count). The molecule has 5 nitrogen and oxygen atoms in total. The Morgan fingerprint density at radius 3 is 2.41 bits per heavy atom. The highest BCUT2D eigenvalue weighted by Crippen LogP contribution is 2.17. The van der Waals surface area contributed by atoms with E-state index >= 15 is 0 Å². The van der Waals surface area contributed by atoms with Gasteiger partial charge in [0, 0.05) is 17.2 Å². The van der Waals surface area contributed by atoms with Gasteiger partial charge in [-0.25, -0.2) is 4.79 Å². The molecule has 0 saturated heterocycles. The minimum Gasteiger partial charge on any atom is -0.482 e. The smallest absolute Gasteiger partial charge is 0.344 e. The van der Waals surface area contributed by atoms with Crippen LogP contribution in [0.4, 0.5) is 0 Å². The SMILES string of the molecule is Cc1ccc(SCCNC(=O)COC(=O)COc2ccc(C)c(C)c2)cc1. The summed E-state index contributed by atoms with van der Waals surface area (Å²) in [4.78, 5) is 24.6. The highest BCUT2D eigenvalue weighted by Gasteiger charge is 2.08. The summed E-state index contributed by atoms with van der Waals surface area (Å²) in [5.41, 5.74) is 3.46. The second kappa shape index (κ2) is 10.6. The highest BCUT2D eigenvalue weighted by atomic mass is 32.2. The minimum absolute atomic E-state index is 0.223. The number of benzene rings is 2. The summed E-state index contributed by atoms with van der Waals surface area (Å²) in [5.74, 6) is 0.461. The Kier molecular flexibility index (Phi) is 8.20. The monoisotopic (exact) mass is 387 g/mol. The average molecular weight is 388 g/mol. The normalized spacial score (nSPS) is 10.3. The van der Waals surface area contributed by atoms with Gasteiger partial charge in [-0.1, -0.05) is 23.8 Å². The summed E-state index contributed by atoms with van der Waals surface area (Å²) in [6.07, 6.45) is 0. The Hall–Kier alpha value is -2.47. The molecule has 2 aromatic rings. The molecule has 1 amide bonds. The number of aryl methyl sites for hydroxylation is 3. The first-order valence-corrected chi connectivity index (χ1v) is 9.74. The lowest BCUT2D eigenvalue weighted by molar-refractivity contribution is -0.150. The van der Waals surface area contributed by atoms with Crippen molar-refractivity contribution >= 4 is 23.6 Å². The first-order chi connectivity index (χ1) is 12.9. The minimum atomic E-state index is -0.572. The molecule has 6 heteroatoms. The largest absolute Gasteiger partial charge is 0.482 e. The molecular formula is C21H25NO4S. The molecule has 144 valence electrons. The van der Waals surface area contributed by atoms with Gasteiger partial charge in [0.05, 0.1) is 0 Å². The van der Waals surface area contributed by atoms with E-state index in [1.165, 1.54) is 5.56 Å². The maximum absolute atomic E-state index is 11.7. The van der Waals surface area contributed by atoms with E-state index in [-0.39, 0.29) is 19.1 Å². The van der Waals surface area contributed by atoms with Crippen molar-refractivity contribution in [2.24, 2.45) is 0 Å². The molecule has 2 aromatic carbocycles. The summed E-state index contributed by atoms with van der Waals surface area (Å²) >= 11 is 1.66. The number of carbonyl (C=O) groups excluding carboxylic acids is 2. The second-order valence-corrected chi connectivity index (χ2v) is 7.38. The number of thioether (sulfide) groups is 1. The van der Waals surface area contributed by atoms with Gasteiger partial charge >= 0.3 is 5.97 Å². The van der Waals surface area contributed by atoms with Crippen LogP contribution >= 0.6 is 11.8 Å². The van der Waals surface area contributed by atoms with Crippen molar-refractivity contribution in [3.05, 3.63) is 59.2 Å². The molecule has 0 aliphatic carbocycles. The highest BCUT2D eigenvalue weighted by molar-refractivity contribution is 7.99. The molecule has 0 aromatic heterocycles. The van der Waals surface area contributed by atoms with E-state index in [9.17, 15) is 9.59 Å². The molecule has 0 unspecified atom stereocenters. The molecule has 0 atom stereocenters. The summed E-state index contributed by atoms with van der Waals surface area (Å²) in [7, 11) is 0. The van der Waals surface area contributed by atoms with E-state index in [0.717, 1.165) is 21.8 Å². The third-order valence-electron chi connectivity index (χ3n) is 3.91. The van der Waals surface area contributed by atoms with Crippen LogP contribution in [0, 0.1) is 20.8 Å². The van der Waals surface area contributed by atoms with Crippen molar-refractivity contribution in [2.75, 3.05) is 25.5 Å². The number of hydrogen-bond acceptors (Lipinski definition) is 5. The number of carbonyl (C=O) groups is 2. The lowest BCUT2D eigenvalue weighted by Gasteiger charge is -2.09. The third kappa shape index (κ3) is 7.74. The number of rotatable bonds is 9. The molecule has 1 N–H and O–H groups in total. The lowest BCUT2D eigenvalue weighted by Crippen LogP contribution is -2.31. The first kappa shape index (κ1) is 20.8. The van der Waals surface area contributed by atoms with Crippen LogP contribution in [0.15, 0.2) is 47.4 Å². The van der Waals surface area contributed by atoms with Gasteiger partial charge in [0.1, 0.15) is 5.75 Å². The van der Waals surface area contributed by atoms with E-state index < -0.39 is 5.97 Å². The van der Waals surface area contributed by atoms with Crippen LogP contribution < -0.4 is 10.1 Å². The fourth-order valence-corrected chi connectivity index (χ4v) is 2.95. The van der Waals surface area contributed by atoms with E-state index in [1.807, 2.05) is 32.9 Å². The Balaban J connectivity index is 1.58. The molecule has 0 fully saturated rings. The van der Waals surface area contributed by atoms with Crippen molar-refractivity contribution in [2.45, 2.75) is 25.7 Å². The maximum Gasteiger partial charge on any atom is 0.344 e. The standard InChI is InChI=1S/C21H25NO4S/c1-15-4-8-19(9-5-15)27-11-10-22-20(23)13-26-21(24)14-25-18-7-6-16(2)17(3)12-18/h4-9,12H,10-11,13-14H2,1-3H3,(H,22,23). The molecular weight excluding hydrogens is 362 g/mol. The maximum atomic E-state index is 11.7. The van der Waals surface area contributed by atoms with E-state index in [1.54, 1.807) is 17.8 Å². The first-order valence-electron chi connectivity index (χ1n) is 8.76. The quantitative estimate of drug-likeness (QED) is 0.406. The Bertz CT molecular complexity index is 774. The van der Waals surface area contributed by atoms with Gasteiger partial charge in [0.15, 0.2) is 13.2 Å². The summed E-state index contributed by atoms with van der Waals surface area (Å²) in [6.45, 7) is 6.01. The summed E-state index contributed by atoms with van der Waals surface area (Å²) < 4.78 is 10.3. The zero-order chi connectivity index (χ0) is 19.6. The summed E-state index contributed by atoms with van der Waals surface area (Å²) in [6, 6.07) is 13.8. The van der Waals surface area contributed by atoms with E-state index in [0.29, 0.717) is 12.3 Å². The van der Waals surface area contributed by atoms with Crippen LogP contribution in [-0.4, -0.2) is 37.4 Å². The topological polar surface area (TPSA) is 64.6 Å². The predicted molar refractivity (Wildman–Crippen MR) is 107 cm³/mol. The molecule has 27 heavy (non-hydrogen) atoms. The van der Waals surface area contributed by atoms with Gasteiger partial charge in [0.25, 0.3) is 5.91 Å². The zero-order valence-electron chi connectivity index (χ0n) is 15.9. The molecule has 0 aliphatic heterocycles. The van der Waals surface area contributed by atoms with E-state index in [4.69, 9.17) is 9.47 Å². The second-order valence-electron chi connectivity index (χ2n) is 6.21. The number of hydrogen-bond donors (Lipinski definition) is 1. The van der Waals surface area contributed by atoms with Crippen LogP contribution in [0.25, 0.3) is 0 Å². The number of nitrogens with one attached hydrogen (secondary N) is 1. The van der Waals surface area contributed by atoms with E-state index in [2.05, 4.69) is 29.6 Å². The predicted octanol–water partition coefficient (Wildman–Crippen LogP) is 3.44.